The first-order valence-corrected chi connectivity index (χ1v) is 12.7. The van der Waals surface area contributed by atoms with E-state index in [1.165, 1.54) is 18.1 Å². The third kappa shape index (κ3) is 9.22. The predicted molar refractivity (Wildman–Crippen MR) is 132 cm³/mol. The molecule has 5 unspecified atom stereocenters. The normalized spacial score (nSPS) is 21.8. The largest absolute Gasteiger partial charge is 0.462 e. The van der Waals surface area contributed by atoms with E-state index in [9.17, 15) is 14.4 Å². The summed E-state index contributed by atoms with van der Waals surface area (Å²) in [6.07, 6.45) is 1.68. The molecule has 0 radical (unpaired) electrons. The number of rotatable bonds is 13. The van der Waals surface area contributed by atoms with Gasteiger partial charge in [-0.1, -0.05) is 25.1 Å². The minimum atomic E-state index is -1.70. The topological polar surface area (TPSA) is 115 Å². The van der Waals surface area contributed by atoms with Crippen LogP contribution in [0.15, 0.2) is 42.1 Å². The van der Waals surface area contributed by atoms with Crippen molar-refractivity contribution in [3.63, 3.8) is 0 Å². The highest BCUT2D eigenvalue weighted by Gasteiger charge is 2.36. The van der Waals surface area contributed by atoms with E-state index < -0.39 is 26.8 Å². The smallest absolute Gasteiger partial charge is 0.323 e. The second-order valence-electron chi connectivity index (χ2n) is 8.60. The van der Waals surface area contributed by atoms with Gasteiger partial charge < -0.3 is 23.8 Å². The third-order valence-electron chi connectivity index (χ3n) is 5.11. The van der Waals surface area contributed by atoms with E-state index in [-0.39, 0.29) is 30.6 Å². The van der Waals surface area contributed by atoms with Crippen molar-refractivity contribution in [2.24, 2.45) is 5.92 Å². The standard InChI is InChI=1S/C24H36N3O7P/c1-16(2)32-24(30)19(5)26-35(34-20-10-8-7-9-11-20)31-14-21-12-17(3)23(33-21)27(15-28)13-18(4)22(29)25-6/h7-11,13,15-17,19,21,23,26H,12,14H2,1-6H3,(H,25,29)/b18-13-. The van der Waals surface area contributed by atoms with Gasteiger partial charge >= 0.3 is 14.5 Å². The van der Waals surface area contributed by atoms with Gasteiger partial charge in [0.1, 0.15) is 18.0 Å². The van der Waals surface area contributed by atoms with Crippen molar-refractivity contribution < 1.29 is 32.9 Å². The van der Waals surface area contributed by atoms with Gasteiger partial charge in [0.25, 0.3) is 0 Å². The zero-order chi connectivity index (χ0) is 26.0. The fraction of sp³-hybridized carbons (Fsp3) is 0.542. The molecule has 1 aromatic rings. The summed E-state index contributed by atoms with van der Waals surface area (Å²) in [5.74, 6) is -0.0755. The number of amides is 2. The third-order valence-corrected chi connectivity index (χ3v) is 6.47. The van der Waals surface area contributed by atoms with Crippen molar-refractivity contribution in [3.05, 3.63) is 42.1 Å². The molecule has 194 valence electrons. The fourth-order valence-corrected chi connectivity index (χ4v) is 4.61. The fourth-order valence-electron chi connectivity index (χ4n) is 3.40. The van der Waals surface area contributed by atoms with Crippen LogP contribution in [0.25, 0.3) is 0 Å². The Morgan fingerprint density at radius 3 is 2.54 bits per heavy atom. The molecule has 1 heterocycles. The summed E-state index contributed by atoms with van der Waals surface area (Å²) in [7, 11) is -0.173. The average Bonchev–Trinajstić information content (AvgIpc) is 3.20. The number of nitrogens with zero attached hydrogens (tertiary/aromatic N) is 1. The van der Waals surface area contributed by atoms with E-state index in [1.807, 2.05) is 25.1 Å². The van der Waals surface area contributed by atoms with Crippen LogP contribution in [0.2, 0.25) is 0 Å². The van der Waals surface area contributed by atoms with Crippen LogP contribution in [0, 0.1) is 5.92 Å². The molecule has 2 N–H and O–H groups in total. The van der Waals surface area contributed by atoms with Crippen molar-refractivity contribution in [1.29, 1.82) is 0 Å². The number of carbonyl (C=O) groups excluding carboxylic acids is 3. The number of hydrogen-bond acceptors (Lipinski definition) is 8. The number of carbonyl (C=O) groups is 3. The molecule has 0 aromatic heterocycles. The first kappa shape index (κ1) is 28.7. The molecule has 2 amide bonds. The number of esters is 1. The second-order valence-corrected chi connectivity index (χ2v) is 9.81. The highest BCUT2D eigenvalue weighted by Crippen LogP contribution is 2.38. The first-order chi connectivity index (χ1) is 16.6. The molecule has 1 fully saturated rings. The Balaban J connectivity index is 2.03. The van der Waals surface area contributed by atoms with Crippen LogP contribution in [0.4, 0.5) is 0 Å². The minimum absolute atomic E-state index is 0.0108. The molecule has 0 aliphatic carbocycles. The number of likely N-dealkylation sites (N-methyl/N-ethyl adjacent to an activating group) is 1. The van der Waals surface area contributed by atoms with Crippen molar-refractivity contribution in [1.82, 2.24) is 15.3 Å². The predicted octanol–water partition coefficient (Wildman–Crippen LogP) is 3.10. The molecule has 1 aromatic carbocycles. The lowest BCUT2D eigenvalue weighted by atomic mass is 10.1. The maximum absolute atomic E-state index is 12.3. The van der Waals surface area contributed by atoms with Crippen LogP contribution >= 0.6 is 8.53 Å². The molecule has 0 bridgehead atoms. The molecule has 1 aliphatic heterocycles. The molecular formula is C24H36N3O7P. The zero-order valence-electron chi connectivity index (χ0n) is 21.1. The first-order valence-electron chi connectivity index (χ1n) is 11.6. The monoisotopic (exact) mass is 509 g/mol. The van der Waals surface area contributed by atoms with Crippen LogP contribution in [0.1, 0.15) is 41.0 Å². The lowest BCUT2D eigenvalue weighted by Crippen LogP contribution is -2.36. The highest BCUT2D eigenvalue weighted by atomic mass is 31.2. The summed E-state index contributed by atoms with van der Waals surface area (Å²) in [5, 5.41) is 5.59. The lowest BCUT2D eigenvalue weighted by Gasteiger charge is -2.25. The van der Waals surface area contributed by atoms with Gasteiger partial charge in [0.2, 0.25) is 12.3 Å². The van der Waals surface area contributed by atoms with Gasteiger partial charge in [-0.15, -0.1) is 0 Å². The Morgan fingerprint density at radius 1 is 1.26 bits per heavy atom. The molecule has 2 rings (SSSR count). The van der Waals surface area contributed by atoms with Crippen molar-refractivity contribution >= 4 is 26.8 Å². The van der Waals surface area contributed by atoms with E-state index in [1.54, 1.807) is 39.8 Å². The van der Waals surface area contributed by atoms with Gasteiger partial charge in [0.15, 0.2) is 0 Å². The van der Waals surface area contributed by atoms with Crippen LogP contribution in [-0.2, 0) is 28.4 Å². The van der Waals surface area contributed by atoms with Crippen LogP contribution < -0.4 is 14.9 Å². The van der Waals surface area contributed by atoms with Gasteiger partial charge in [-0.25, -0.2) is 5.09 Å². The Bertz CT molecular complexity index is 868. The molecule has 1 saturated heterocycles. The van der Waals surface area contributed by atoms with E-state index in [0.29, 0.717) is 24.2 Å². The second kappa shape index (κ2) is 14.1. The Hall–Kier alpha value is -2.52. The number of hydrogen-bond donors (Lipinski definition) is 2. The van der Waals surface area contributed by atoms with Crippen LogP contribution in [0.3, 0.4) is 0 Å². The summed E-state index contributed by atoms with van der Waals surface area (Å²) in [6.45, 7) is 9.03. The number of benzene rings is 1. The summed E-state index contributed by atoms with van der Waals surface area (Å²) < 4.78 is 23.3. The molecule has 5 atom stereocenters. The maximum Gasteiger partial charge on any atom is 0.323 e. The summed E-state index contributed by atoms with van der Waals surface area (Å²) in [6, 6.07) is 8.50. The Kier molecular flexibility index (Phi) is 11.6. The molecule has 11 heteroatoms. The van der Waals surface area contributed by atoms with Gasteiger partial charge in [0.05, 0.1) is 18.8 Å². The SMILES string of the molecule is CNC(=O)/C(C)=C\N(C=O)C1OC(COP(NC(C)C(=O)OC(C)C)Oc2ccccc2)CC1C. The molecule has 35 heavy (non-hydrogen) atoms. The molecule has 0 saturated carbocycles. The van der Waals surface area contributed by atoms with Gasteiger partial charge in [-0.05, 0) is 46.2 Å². The van der Waals surface area contributed by atoms with E-state index in [0.717, 1.165) is 0 Å². The number of para-hydroxylation sites is 1. The average molecular weight is 510 g/mol. The quantitative estimate of drug-likeness (QED) is 0.180. The molecule has 10 nitrogen and oxygen atoms in total. The van der Waals surface area contributed by atoms with E-state index in [4.69, 9.17) is 18.5 Å². The van der Waals surface area contributed by atoms with Crippen molar-refractivity contribution in [3.8, 4) is 5.75 Å². The van der Waals surface area contributed by atoms with Crippen LogP contribution in [-0.4, -0.2) is 61.3 Å². The maximum atomic E-state index is 12.3. The molecule has 1 aliphatic rings. The highest BCUT2D eigenvalue weighted by molar-refractivity contribution is 7.45. The van der Waals surface area contributed by atoms with Crippen molar-refractivity contribution in [2.45, 2.75) is 65.5 Å². The number of nitrogens with one attached hydrogen (secondary N) is 2. The minimum Gasteiger partial charge on any atom is -0.462 e. The zero-order valence-corrected chi connectivity index (χ0v) is 22.0. The van der Waals surface area contributed by atoms with Gasteiger partial charge in [-0.2, -0.15) is 0 Å². The van der Waals surface area contributed by atoms with Gasteiger partial charge in [0, 0.05) is 24.7 Å². The number of ether oxygens (including phenoxy) is 2. The van der Waals surface area contributed by atoms with E-state index >= 15 is 0 Å². The summed E-state index contributed by atoms with van der Waals surface area (Å²) in [5.41, 5.74) is 0.390. The Labute approximate surface area is 208 Å². The van der Waals surface area contributed by atoms with E-state index in [2.05, 4.69) is 10.4 Å². The summed E-state index contributed by atoms with van der Waals surface area (Å²) >= 11 is 0. The summed E-state index contributed by atoms with van der Waals surface area (Å²) in [4.78, 5) is 37.1. The van der Waals surface area contributed by atoms with Crippen LogP contribution in [0.5, 0.6) is 5.75 Å². The van der Waals surface area contributed by atoms with Gasteiger partial charge in [-0.3, -0.25) is 19.3 Å². The molecular weight excluding hydrogens is 473 g/mol. The molecule has 0 spiro atoms. The Morgan fingerprint density at radius 2 is 1.94 bits per heavy atom. The van der Waals surface area contributed by atoms with Crippen molar-refractivity contribution in [2.75, 3.05) is 13.7 Å². The lowest BCUT2D eigenvalue weighted by molar-refractivity contribution is -0.149.